The highest BCUT2D eigenvalue weighted by Crippen LogP contribution is 2.46. The second-order valence-corrected chi connectivity index (χ2v) is 13.4. The first-order valence-corrected chi connectivity index (χ1v) is 15.8. The summed E-state index contributed by atoms with van der Waals surface area (Å²) in [6.45, 7) is 1.74. The molecule has 1 saturated heterocycles. The number of aromatic nitrogens is 2. The van der Waals surface area contributed by atoms with E-state index in [2.05, 4.69) is 25.8 Å². The van der Waals surface area contributed by atoms with Crippen LogP contribution in [0.15, 0.2) is 39.1 Å². The number of amides is 3. The third-order valence-electron chi connectivity index (χ3n) is 5.70. The number of nitrogens with two attached hydrogens (primary N) is 2. The Kier molecular flexibility index (Phi) is 10.0. The van der Waals surface area contributed by atoms with E-state index in [1.165, 1.54) is 23.5 Å². The van der Waals surface area contributed by atoms with Crippen molar-refractivity contribution in [2.75, 3.05) is 23.8 Å². The van der Waals surface area contributed by atoms with Crippen LogP contribution < -0.4 is 22.1 Å². The van der Waals surface area contributed by atoms with Gasteiger partial charge in [-0.1, -0.05) is 46.8 Å². The number of thioether (sulfide) groups is 3. The predicted octanol–water partition coefficient (Wildman–Crippen LogP) is 1.27. The number of pyridine rings is 1. The number of nitrogens with zero attached hydrogens (tertiary/aromatic N) is 4. The Balaban J connectivity index is 1.57. The molecule has 2 aliphatic rings. The van der Waals surface area contributed by atoms with E-state index >= 15 is 0 Å². The molecule has 41 heavy (non-hydrogen) atoms. The molecule has 1 fully saturated rings. The van der Waals surface area contributed by atoms with Gasteiger partial charge in [0.2, 0.25) is 5.91 Å². The Morgan fingerprint density at radius 1 is 1.39 bits per heavy atom. The van der Waals surface area contributed by atoms with E-state index in [0.717, 1.165) is 28.0 Å². The summed E-state index contributed by atoms with van der Waals surface area (Å²) >= 11 is 10.8. The van der Waals surface area contributed by atoms with Crippen LogP contribution in [0.1, 0.15) is 23.6 Å². The van der Waals surface area contributed by atoms with E-state index in [0.29, 0.717) is 21.1 Å². The molecule has 0 bridgehead atoms. The van der Waals surface area contributed by atoms with Crippen molar-refractivity contribution in [2.24, 2.45) is 10.9 Å². The summed E-state index contributed by atoms with van der Waals surface area (Å²) in [6, 6.07) is 0.613. The molecule has 2 aromatic heterocycles. The van der Waals surface area contributed by atoms with Crippen molar-refractivity contribution < 1.29 is 29.5 Å². The number of β-lactam (4-membered cyclic amide) rings is 1. The van der Waals surface area contributed by atoms with Gasteiger partial charge in [-0.2, -0.15) is 0 Å². The Morgan fingerprint density at radius 3 is 2.76 bits per heavy atom. The molecule has 19 heteroatoms. The van der Waals surface area contributed by atoms with Crippen LogP contribution in [-0.2, 0) is 19.2 Å². The number of halogens is 1. The standard InChI is InChI=1S/C22H23ClN8O6S4/c1-2-38-18(27-11(32)5-24)8-6-26-4-3-9(8)40-10-7-39-20-14(19(34)31(20)15(10)21(35)36)28-17(33)13(30-37)12-16(23)41-22(25)29-12/h3-4,6,14,18,20,37H,2,5,7,24H2,1H3,(H2,25,29)(H,27,32)(H,28,33)(H,35,36)/b30-13-/t14-,18?,20+/m1/s1. The highest BCUT2D eigenvalue weighted by molar-refractivity contribution is 8.06. The maximum Gasteiger partial charge on any atom is 0.353 e. The van der Waals surface area contributed by atoms with Gasteiger partial charge >= 0.3 is 5.97 Å². The lowest BCUT2D eigenvalue weighted by molar-refractivity contribution is -0.150. The first-order valence-electron chi connectivity index (χ1n) is 11.7. The average Bonchev–Trinajstić information content (AvgIpc) is 3.28. The number of hydrogen-bond donors (Lipinski definition) is 6. The Morgan fingerprint density at radius 2 is 2.15 bits per heavy atom. The number of thiazole rings is 1. The molecule has 2 aliphatic heterocycles. The molecule has 3 amide bonds. The number of nitrogens with one attached hydrogen (secondary N) is 2. The quantitative estimate of drug-likeness (QED) is 0.0658. The number of carbonyl (C=O) groups excluding carboxylic acids is 3. The molecule has 218 valence electrons. The van der Waals surface area contributed by atoms with Crippen LogP contribution in [0.3, 0.4) is 0 Å². The third-order valence-corrected chi connectivity index (χ3v) is 10.5. The van der Waals surface area contributed by atoms with E-state index in [1.807, 2.05) is 6.92 Å². The fourth-order valence-electron chi connectivity index (χ4n) is 3.94. The van der Waals surface area contributed by atoms with Crippen LogP contribution in [0.4, 0.5) is 5.13 Å². The van der Waals surface area contributed by atoms with Crippen molar-refractivity contribution in [1.82, 2.24) is 25.5 Å². The minimum absolute atomic E-state index is 0.0227. The zero-order valence-corrected chi connectivity index (χ0v) is 25.1. The van der Waals surface area contributed by atoms with E-state index in [4.69, 9.17) is 23.1 Å². The number of carbonyl (C=O) groups is 4. The van der Waals surface area contributed by atoms with Gasteiger partial charge in [-0.05, 0) is 11.8 Å². The fourth-order valence-corrected chi connectivity index (χ4v) is 8.46. The molecule has 0 radical (unpaired) electrons. The lowest BCUT2D eigenvalue weighted by Gasteiger charge is -2.49. The SMILES string of the molecule is CCSC(NC(=O)CN)c1cnccc1SC1=C(C(=O)O)N2C(=O)[C@@H](NC(=O)/C(=N\O)c3nc(N)sc3Cl)[C@@H]2SC1. The molecule has 0 aromatic carbocycles. The van der Waals surface area contributed by atoms with E-state index in [1.54, 1.807) is 18.5 Å². The molecule has 0 spiro atoms. The molecule has 0 saturated carbocycles. The zero-order valence-electron chi connectivity index (χ0n) is 21.1. The van der Waals surface area contributed by atoms with E-state index < -0.39 is 40.3 Å². The second-order valence-electron chi connectivity index (χ2n) is 8.18. The van der Waals surface area contributed by atoms with Crippen molar-refractivity contribution in [3.05, 3.63) is 44.7 Å². The lowest BCUT2D eigenvalue weighted by Crippen LogP contribution is -2.71. The minimum atomic E-state index is -1.32. The van der Waals surface area contributed by atoms with Crippen LogP contribution >= 0.6 is 58.2 Å². The number of aliphatic carboxylic acids is 1. The summed E-state index contributed by atoms with van der Waals surface area (Å²) in [6.07, 6.45) is 3.14. The monoisotopic (exact) mass is 658 g/mol. The van der Waals surface area contributed by atoms with Gasteiger partial charge in [-0.15, -0.1) is 23.5 Å². The van der Waals surface area contributed by atoms with Crippen molar-refractivity contribution in [2.45, 2.75) is 28.6 Å². The Bertz CT molecular complexity index is 1450. The molecule has 0 aliphatic carbocycles. The van der Waals surface area contributed by atoms with Gasteiger partial charge in [0, 0.05) is 33.5 Å². The Hall–Kier alpha value is -3.03. The van der Waals surface area contributed by atoms with Gasteiger partial charge in [0.25, 0.3) is 11.8 Å². The van der Waals surface area contributed by atoms with Gasteiger partial charge in [0.15, 0.2) is 10.8 Å². The van der Waals surface area contributed by atoms with Crippen LogP contribution in [0.25, 0.3) is 0 Å². The topological polar surface area (TPSA) is 226 Å². The maximum absolute atomic E-state index is 13.1. The fraction of sp³-hybridized carbons (Fsp3) is 0.318. The number of carboxylic acids is 1. The van der Waals surface area contributed by atoms with Crippen LogP contribution in [0.2, 0.25) is 4.34 Å². The zero-order chi connectivity index (χ0) is 29.8. The highest BCUT2D eigenvalue weighted by atomic mass is 35.5. The summed E-state index contributed by atoms with van der Waals surface area (Å²) in [5, 5.41) is 26.6. The van der Waals surface area contributed by atoms with Crippen LogP contribution in [0.5, 0.6) is 0 Å². The van der Waals surface area contributed by atoms with Gasteiger partial charge in [0.05, 0.1) is 6.54 Å². The molecule has 8 N–H and O–H groups in total. The average molecular weight is 659 g/mol. The van der Waals surface area contributed by atoms with Gasteiger partial charge < -0.3 is 32.4 Å². The smallest absolute Gasteiger partial charge is 0.353 e. The molecule has 2 aromatic rings. The number of carboxylic acid groups (broad SMARTS) is 1. The molecule has 4 heterocycles. The van der Waals surface area contributed by atoms with Crippen LogP contribution in [0, 0.1) is 0 Å². The van der Waals surface area contributed by atoms with E-state index in [-0.39, 0.29) is 39.1 Å². The molecule has 4 rings (SSSR count). The van der Waals surface area contributed by atoms with Gasteiger partial charge in [0.1, 0.15) is 32.5 Å². The van der Waals surface area contributed by atoms with Gasteiger partial charge in [-0.3, -0.25) is 24.3 Å². The summed E-state index contributed by atoms with van der Waals surface area (Å²) in [5.41, 5.74) is 10.8. The normalized spacial score (nSPS) is 19.3. The summed E-state index contributed by atoms with van der Waals surface area (Å²) in [5.74, 6) is -2.37. The second kappa shape index (κ2) is 13.3. The van der Waals surface area contributed by atoms with Crippen molar-refractivity contribution in [1.29, 1.82) is 0 Å². The van der Waals surface area contributed by atoms with Crippen molar-refractivity contribution in [3.63, 3.8) is 0 Å². The largest absolute Gasteiger partial charge is 0.477 e. The van der Waals surface area contributed by atoms with Crippen molar-refractivity contribution >= 4 is 92.8 Å². The molecule has 3 atom stereocenters. The Labute approximate surface area is 254 Å². The van der Waals surface area contributed by atoms with E-state index in [9.17, 15) is 29.5 Å². The van der Waals surface area contributed by atoms with Gasteiger partial charge in [-0.25, -0.2) is 9.78 Å². The maximum atomic E-state index is 13.1. The number of rotatable bonds is 11. The lowest BCUT2D eigenvalue weighted by atomic mass is 10.0. The molecule has 1 unspecified atom stereocenters. The molecular formula is C22H23ClN8O6S4. The predicted molar refractivity (Wildman–Crippen MR) is 158 cm³/mol. The number of fused-ring (bicyclic) bond motifs is 1. The highest BCUT2D eigenvalue weighted by Gasteiger charge is 2.54. The summed E-state index contributed by atoms with van der Waals surface area (Å²) < 4.78 is 0.0227. The number of nitrogen functional groups attached to an aromatic ring is 1. The summed E-state index contributed by atoms with van der Waals surface area (Å²) in [4.78, 5) is 60.6. The third kappa shape index (κ3) is 6.41. The molecular weight excluding hydrogens is 636 g/mol. The minimum Gasteiger partial charge on any atom is -0.477 e. The molecule has 14 nitrogen and oxygen atoms in total. The first kappa shape index (κ1) is 30.9. The number of anilines is 1. The summed E-state index contributed by atoms with van der Waals surface area (Å²) in [7, 11) is 0. The number of oxime groups is 1. The van der Waals surface area contributed by atoms with Crippen LogP contribution in [-0.4, -0.2) is 84.1 Å². The first-order chi connectivity index (χ1) is 19.6. The number of hydrogen-bond acceptors (Lipinski definition) is 14. The van der Waals surface area contributed by atoms with Crippen molar-refractivity contribution in [3.8, 4) is 0 Å².